The number of aromatic nitrogens is 1. The molecule has 1 heterocycles. The van der Waals surface area contributed by atoms with Crippen LogP contribution >= 0.6 is 0 Å². The predicted molar refractivity (Wildman–Crippen MR) is 55.6 cm³/mol. The summed E-state index contributed by atoms with van der Waals surface area (Å²) >= 11 is 0. The van der Waals surface area contributed by atoms with E-state index < -0.39 is 18.1 Å². The van der Waals surface area contributed by atoms with Gasteiger partial charge in [0.05, 0.1) is 11.6 Å². The first-order valence-corrected chi connectivity index (χ1v) is 4.91. The van der Waals surface area contributed by atoms with Gasteiger partial charge in [-0.2, -0.15) is 5.26 Å². The van der Waals surface area contributed by atoms with Crippen molar-refractivity contribution in [3.8, 4) is 6.07 Å². The van der Waals surface area contributed by atoms with Crippen molar-refractivity contribution < 1.29 is 13.2 Å². The zero-order valence-corrected chi connectivity index (χ0v) is 8.67. The van der Waals surface area contributed by atoms with E-state index in [1.807, 2.05) is 0 Å². The summed E-state index contributed by atoms with van der Waals surface area (Å²) < 4.78 is 31.9. The number of rotatable bonds is 3. The fraction of sp³-hybridized carbons (Fsp3) is 0.273. The standard InChI is InChI=1S/C11H8F2N2O2/c12-11(13,4-1-5-14)7-2-3-8-9(6-7)17-10(16)15-8/h2-3,6H,1,4H2,(H,15,16). The van der Waals surface area contributed by atoms with Crippen molar-refractivity contribution in [2.75, 3.05) is 0 Å². The van der Waals surface area contributed by atoms with E-state index in [1.165, 1.54) is 12.1 Å². The average molecular weight is 238 g/mol. The molecular formula is C11H8F2N2O2. The fourth-order valence-corrected chi connectivity index (χ4v) is 1.53. The van der Waals surface area contributed by atoms with Crippen molar-refractivity contribution in [3.05, 3.63) is 34.3 Å². The Morgan fingerprint density at radius 1 is 1.47 bits per heavy atom. The van der Waals surface area contributed by atoms with Crippen molar-refractivity contribution in [2.24, 2.45) is 0 Å². The molecule has 2 rings (SSSR count). The van der Waals surface area contributed by atoms with Crippen LogP contribution < -0.4 is 5.76 Å². The molecular weight excluding hydrogens is 230 g/mol. The molecule has 1 aromatic heterocycles. The van der Waals surface area contributed by atoms with E-state index in [0.717, 1.165) is 6.07 Å². The van der Waals surface area contributed by atoms with Crippen LogP contribution in [0.3, 0.4) is 0 Å². The van der Waals surface area contributed by atoms with E-state index >= 15 is 0 Å². The maximum absolute atomic E-state index is 13.6. The highest BCUT2D eigenvalue weighted by molar-refractivity contribution is 5.72. The normalized spacial score (nSPS) is 11.6. The molecule has 0 bridgehead atoms. The number of benzene rings is 1. The van der Waals surface area contributed by atoms with Crippen LogP contribution in [0.1, 0.15) is 18.4 Å². The fourth-order valence-electron chi connectivity index (χ4n) is 1.53. The van der Waals surface area contributed by atoms with Gasteiger partial charge in [-0.25, -0.2) is 13.6 Å². The van der Waals surface area contributed by atoms with Crippen LogP contribution in [0.25, 0.3) is 11.1 Å². The number of nitrogens with one attached hydrogen (secondary N) is 1. The summed E-state index contributed by atoms with van der Waals surface area (Å²) in [6.07, 6.45) is -0.786. The number of halogens is 2. The van der Waals surface area contributed by atoms with Gasteiger partial charge < -0.3 is 4.42 Å². The summed E-state index contributed by atoms with van der Waals surface area (Å²) in [5.74, 6) is -3.78. The third-order valence-electron chi connectivity index (χ3n) is 2.39. The molecule has 1 N–H and O–H groups in total. The lowest BCUT2D eigenvalue weighted by Gasteiger charge is -2.14. The number of aromatic amines is 1. The van der Waals surface area contributed by atoms with Gasteiger partial charge in [-0.05, 0) is 12.1 Å². The van der Waals surface area contributed by atoms with E-state index in [9.17, 15) is 13.6 Å². The van der Waals surface area contributed by atoms with Gasteiger partial charge >= 0.3 is 5.76 Å². The Hall–Kier alpha value is -2.16. The molecule has 0 aliphatic rings. The smallest absolute Gasteiger partial charge is 0.408 e. The van der Waals surface area contributed by atoms with E-state index in [2.05, 4.69) is 4.98 Å². The Labute approximate surface area is 94.5 Å². The maximum Gasteiger partial charge on any atom is 0.417 e. The Morgan fingerprint density at radius 2 is 2.24 bits per heavy atom. The van der Waals surface area contributed by atoms with Gasteiger partial charge in [0, 0.05) is 18.4 Å². The van der Waals surface area contributed by atoms with Gasteiger partial charge in [-0.1, -0.05) is 6.07 Å². The van der Waals surface area contributed by atoms with Crippen LogP contribution in [0.5, 0.6) is 0 Å². The van der Waals surface area contributed by atoms with Crippen molar-refractivity contribution >= 4 is 11.1 Å². The topological polar surface area (TPSA) is 69.8 Å². The second-order valence-electron chi connectivity index (χ2n) is 3.59. The molecule has 0 atom stereocenters. The molecule has 1 aromatic carbocycles. The van der Waals surface area contributed by atoms with Gasteiger partial charge in [0.1, 0.15) is 0 Å². The molecule has 0 saturated carbocycles. The SMILES string of the molecule is N#CCCC(F)(F)c1ccc2[nH]c(=O)oc2c1. The Bertz CT molecular complexity index is 637. The molecule has 0 fully saturated rings. The third kappa shape index (κ3) is 2.18. The summed E-state index contributed by atoms with van der Waals surface area (Å²) in [5.41, 5.74) is 0.196. The summed E-state index contributed by atoms with van der Waals surface area (Å²) in [7, 11) is 0. The highest BCUT2D eigenvalue weighted by atomic mass is 19.3. The minimum Gasteiger partial charge on any atom is -0.408 e. The summed E-state index contributed by atoms with van der Waals surface area (Å²) in [6, 6.07) is 5.36. The first-order chi connectivity index (χ1) is 8.03. The highest BCUT2D eigenvalue weighted by Gasteiger charge is 2.31. The number of hydrogen-bond donors (Lipinski definition) is 1. The Kier molecular flexibility index (Phi) is 2.68. The zero-order chi connectivity index (χ0) is 12.5. The number of alkyl halides is 2. The second-order valence-corrected chi connectivity index (χ2v) is 3.59. The highest BCUT2D eigenvalue weighted by Crippen LogP contribution is 2.33. The average Bonchev–Trinajstić information content (AvgIpc) is 2.65. The largest absolute Gasteiger partial charge is 0.417 e. The molecule has 0 saturated heterocycles. The molecule has 0 aliphatic heterocycles. The van der Waals surface area contributed by atoms with Crippen LogP contribution in [0, 0.1) is 11.3 Å². The Balaban J connectivity index is 2.42. The van der Waals surface area contributed by atoms with Crippen molar-refractivity contribution in [2.45, 2.75) is 18.8 Å². The number of nitrogens with zero attached hydrogens (tertiary/aromatic N) is 1. The van der Waals surface area contributed by atoms with Crippen LogP contribution in [0.2, 0.25) is 0 Å². The predicted octanol–water partition coefficient (Wildman–Crippen LogP) is 2.52. The molecule has 88 valence electrons. The summed E-state index contributed by atoms with van der Waals surface area (Å²) in [4.78, 5) is 13.2. The molecule has 4 nitrogen and oxygen atoms in total. The number of H-pyrrole nitrogens is 1. The molecule has 0 unspecified atom stereocenters. The molecule has 2 aromatic rings. The van der Waals surface area contributed by atoms with E-state index in [4.69, 9.17) is 9.68 Å². The molecule has 0 spiro atoms. The van der Waals surface area contributed by atoms with Gasteiger partial charge in [0.25, 0.3) is 5.92 Å². The molecule has 17 heavy (non-hydrogen) atoms. The van der Waals surface area contributed by atoms with Gasteiger partial charge in [-0.3, -0.25) is 4.98 Å². The van der Waals surface area contributed by atoms with Crippen LogP contribution in [-0.4, -0.2) is 4.98 Å². The van der Waals surface area contributed by atoms with Gasteiger partial charge in [0.2, 0.25) is 0 Å². The quantitative estimate of drug-likeness (QED) is 0.893. The maximum atomic E-state index is 13.6. The third-order valence-corrected chi connectivity index (χ3v) is 2.39. The van der Waals surface area contributed by atoms with Crippen LogP contribution in [-0.2, 0) is 5.92 Å². The lowest BCUT2D eigenvalue weighted by molar-refractivity contribution is -0.0119. The minimum absolute atomic E-state index is 0.0872. The lowest BCUT2D eigenvalue weighted by atomic mass is 10.0. The number of oxazole rings is 1. The number of nitriles is 1. The second kappa shape index (κ2) is 4.01. The van der Waals surface area contributed by atoms with Crippen LogP contribution in [0.15, 0.2) is 27.4 Å². The van der Waals surface area contributed by atoms with Crippen molar-refractivity contribution in [1.82, 2.24) is 4.98 Å². The zero-order valence-electron chi connectivity index (χ0n) is 8.67. The first-order valence-electron chi connectivity index (χ1n) is 4.91. The number of fused-ring (bicyclic) bond motifs is 1. The Morgan fingerprint density at radius 3 is 2.94 bits per heavy atom. The van der Waals surface area contributed by atoms with Gasteiger partial charge in [-0.15, -0.1) is 0 Å². The monoisotopic (exact) mass is 238 g/mol. The van der Waals surface area contributed by atoms with E-state index in [-0.39, 0.29) is 17.6 Å². The summed E-state index contributed by atoms with van der Waals surface area (Å²) in [6.45, 7) is 0. The number of hydrogen-bond acceptors (Lipinski definition) is 3. The van der Waals surface area contributed by atoms with Crippen molar-refractivity contribution in [3.63, 3.8) is 0 Å². The van der Waals surface area contributed by atoms with Crippen molar-refractivity contribution in [1.29, 1.82) is 5.26 Å². The minimum atomic E-state index is -3.10. The first kappa shape index (κ1) is 11.3. The van der Waals surface area contributed by atoms with E-state index in [0.29, 0.717) is 5.52 Å². The lowest BCUT2D eigenvalue weighted by Crippen LogP contribution is -2.12. The molecule has 0 radical (unpaired) electrons. The van der Waals surface area contributed by atoms with Crippen LogP contribution in [0.4, 0.5) is 8.78 Å². The van der Waals surface area contributed by atoms with E-state index in [1.54, 1.807) is 6.07 Å². The molecule has 0 amide bonds. The molecule has 0 aliphatic carbocycles. The summed E-state index contributed by atoms with van der Waals surface area (Å²) in [5, 5.41) is 8.30. The molecule has 6 heteroatoms. The van der Waals surface area contributed by atoms with Gasteiger partial charge in [0.15, 0.2) is 5.58 Å².